The normalized spacial score (nSPS) is 20.9. The first kappa shape index (κ1) is 14.6. The first-order chi connectivity index (χ1) is 10.3. The van der Waals surface area contributed by atoms with Crippen molar-refractivity contribution in [3.63, 3.8) is 0 Å². The molecule has 0 amide bonds. The molecule has 0 aliphatic heterocycles. The zero-order chi connectivity index (χ0) is 14.7. The van der Waals surface area contributed by atoms with Gasteiger partial charge in [-0.3, -0.25) is 0 Å². The SMILES string of the molecule is COCc1cccc(NC2CC(c3ccccc3Br)C2)c1. The van der Waals surface area contributed by atoms with Gasteiger partial charge in [0.15, 0.2) is 0 Å². The smallest absolute Gasteiger partial charge is 0.0713 e. The zero-order valence-corrected chi connectivity index (χ0v) is 13.8. The van der Waals surface area contributed by atoms with E-state index in [0.29, 0.717) is 18.6 Å². The number of benzene rings is 2. The maximum absolute atomic E-state index is 5.18. The summed E-state index contributed by atoms with van der Waals surface area (Å²) < 4.78 is 6.42. The molecule has 0 heterocycles. The minimum atomic E-state index is 0.569. The van der Waals surface area contributed by atoms with E-state index in [9.17, 15) is 0 Å². The zero-order valence-electron chi connectivity index (χ0n) is 12.2. The largest absolute Gasteiger partial charge is 0.382 e. The van der Waals surface area contributed by atoms with Crippen LogP contribution in [0.3, 0.4) is 0 Å². The van der Waals surface area contributed by atoms with Crippen molar-refractivity contribution in [3.8, 4) is 0 Å². The Morgan fingerprint density at radius 2 is 1.95 bits per heavy atom. The van der Waals surface area contributed by atoms with E-state index < -0.39 is 0 Å². The monoisotopic (exact) mass is 345 g/mol. The second-order valence-corrected chi connectivity index (χ2v) is 6.52. The van der Waals surface area contributed by atoms with Gasteiger partial charge in [0.1, 0.15) is 0 Å². The number of halogens is 1. The summed E-state index contributed by atoms with van der Waals surface area (Å²) in [4.78, 5) is 0. The van der Waals surface area contributed by atoms with Crippen molar-refractivity contribution in [2.75, 3.05) is 12.4 Å². The van der Waals surface area contributed by atoms with Gasteiger partial charge in [0.25, 0.3) is 0 Å². The molecule has 21 heavy (non-hydrogen) atoms. The Kier molecular flexibility index (Phi) is 4.61. The van der Waals surface area contributed by atoms with Crippen LogP contribution >= 0.6 is 15.9 Å². The molecule has 0 saturated heterocycles. The van der Waals surface area contributed by atoms with Crippen molar-refractivity contribution in [3.05, 3.63) is 64.1 Å². The highest BCUT2D eigenvalue weighted by molar-refractivity contribution is 9.10. The molecule has 1 aliphatic rings. The third-order valence-corrected chi connectivity index (χ3v) is 4.81. The Bertz CT molecular complexity index is 608. The van der Waals surface area contributed by atoms with Gasteiger partial charge in [-0.2, -0.15) is 0 Å². The van der Waals surface area contributed by atoms with E-state index in [4.69, 9.17) is 4.74 Å². The van der Waals surface area contributed by atoms with Crippen LogP contribution in [-0.4, -0.2) is 13.2 Å². The highest BCUT2D eigenvalue weighted by Crippen LogP contribution is 2.41. The minimum absolute atomic E-state index is 0.569. The molecule has 3 heteroatoms. The lowest BCUT2D eigenvalue weighted by molar-refractivity contribution is 0.185. The van der Waals surface area contributed by atoms with Crippen molar-refractivity contribution >= 4 is 21.6 Å². The van der Waals surface area contributed by atoms with Gasteiger partial charge in [0.2, 0.25) is 0 Å². The van der Waals surface area contributed by atoms with Crippen molar-refractivity contribution in [1.82, 2.24) is 0 Å². The van der Waals surface area contributed by atoms with Crippen LogP contribution in [0.25, 0.3) is 0 Å². The molecule has 2 aromatic rings. The molecule has 0 aromatic heterocycles. The predicted octanol–water partition coefficient (Wildman–Crippen LogP) is 4.95. The molecule has 1 fully saturated rings. The van der Waals surface area contributed by atoms with E-state index in [-0.39, 0.29) is 0 Å². The predicted molar refractivity (Wildman–Crippen MR) is 90.7 cm³/mol. The number of nitrogens with one attached hydrogen (secondary N) is 1. The Balaban J connectivity index is 1.57. The summed E-state index contributed by atoms with van der Waals surface area (Å²) in [6.07, 6.45) is 2.38. The molecule has 2 aromatic carbocycles. The average molecular weight is 346 g/mol. The molecule has 0 spiro atoms. The topological polar surface area (TPSA) is 21.3 Å². The van der Waals surface area contributed by atoms with Gasteiger partial charge >= 0.3 is 0 Å². The van der Waals surface area contributed by atoms with Gasteiger partial charge in [-0.1, -0.05) is 46.3 Å². The molecule has 110 valence electrons. The third kappa shape index (κ3) is 3.47. The fourth-order valence-corrected chi connectivity index (χ4v) is 3.56. The molecular weight excluding hydrogens is 326 g/mol. The lowest BCUT2D eigenvalue weighted by atomic mass is 9.76. The second kappa shape index (κ2) is 6.63. The quantitative estimate of drug-likeness (QED) is 0.827. The number of hydrogen-bond acceptors (Lipinski definition) is 2. The van der Waals surface area contributed by atoms with Crippen molar-refractivity contribution in [2.45, 2.75) is 31.4 Å². The molecule has 2 nitrogen and oxygen atoms in total. The van der Waals surface area contributed by atoms with Crippen molar-refractivity contribution < 1.29 is 4.74 Å². The highest BCUT2D eigenvalue weighted by Gasteiger charge is 2.31. The van der Waals surface area contributed by atoms with Gasteiger partial charge in [0.05, 0.1) is 6.61 Å². The fourth-order valence-electron chi connectivity index (χ4n) is 2.95. The molecule has 1 aliphatic carbocycles. The van der Waals surface area contributed by atoms with Gasteiger partial charge in [0, 0.05) is 23.3 Å². The van der Waals surface area contributed by atoms with Crippen LogP contribution in [0.2, 0.25) is 0 Å². The number of ether oxygens (including phenoxy) is 1. The van der Waals surface area contributed by atoms with Gasteiger partial charge in [-0.05, 0) is 48.1 Å². The summed E-state index contributed by atoms with van der Waals surface area (Å²) in [6.45, 7) is 0.666. The fraction of sp³-hybridized carbons (Fsp3) is 0.333. The maximum Gasteiger partial charge on any atom is 0.0713 e. The van der Waals surface area contributed by atoms with E-state index in [1.807, 2.05) is 0 Å². The van der Waals surface area contributed by atoms with Crippen LogP contribution in [0.15, 0.2) is 53.0 Å². The molecule has 0 bridgehead atoms. The van der Waals surface area contributed by atoms with E-state index in [2.05, 4.69) is 69.8 Å². The average Bonchev–Trinajstić information content (AvgIpc) is 2.44. The minimum Gasteiger partial charge on any atom is -0.382 e. The van der Waals surface area contributed by atoms with Crippen LogP contribution in [0.4, 0.5) is 5.69 Å². The van der Waals surface area contributed by atoms with Gasteiger partial charge < -0.3 is 10.1 Å². The van der Waals surface area contributed by atoms with E-state index in [1.165, 1.54) is 34.1 Å². The lowest BCUT2D eigenvalue weighted by Crippen LogP contribution is -2.34. The molecule has 1 N–H and O–H groups in total. The van der Waals surface area contributed by atoms with Crippen LogP contribution in [0, 0.1) is 0 Å². The lowest BCUT2D eigenvalue weighted by Gasteiger charge is -2.37. The third-order valence-electron chi connectivity index (χ3n) is 4.09. The van der Waals surface area contributed by atoms with Crippen LogP contribution in [-0.2, 0) is 11.3 Å². The summed E-state index contributed by atoms with van der Waals surface area (Å²) >= 11 is 3.65. The molecule has 0 unspecified atom stereocenters. The van der Waals surface area contributed by atoms with Crippen molar-refractivity contribution in [2.24, 2.45) is 0 Å². The van der Waals surface area contributed by atoms with Crippen LogP contribution in [0.5, 0.6) is 0 Å². The number of methoxy groups -OCH3 is 1. The second-order valence-electron chi connectivity index (χ2n) is 5.66. The van der Waals surface area contributed by atoms with Gasteiger partial charge in [-0.25, -0.2) is 0 Å². The molecule has 1 saturated carbocycles. The number of anilines is 1. The Hall–Kier alpha value is -1.32. The summed E-state index contributed by atoms with van der Waals surface area (Å²) in [5.41, 5.74) is 3.84. The van der Waals surface area contributed by atoms with E-state index in [0.717, 1.165) is 0 Å². The Labute approximate surface area is 134 Å². The summed E-state index contributed by atoms with van der Waals surface area (Å²) in [5, 5.41) is 3.63. The summed E-state index contributed by atoms with van der Waals surface area (Å²) in [6, 6.07) is 17.6. The molecule has 0 atom stereocenters. The highest BCUT2D eigenvalue weighted by atomic mass is 79.9. The maximum atomic E-state index is 5.18. The first-order valence-corrected chi connectivity index (χ1v) is 8.14. The van der Waals surface area contributed by atoms with Gasteiger partial charge in [-0.15, -0.1) is 0 Å². The molecule has 0 radical (unpaired) electrons. The number of rotatable bonds is 5. The molecule has 3 rings (SSSR count). The summed E-state index contributed by atoms with van der Waals surface area (Å²) in [7, 11) is 1.73. The van der Waals surface area contributed by atoms with E-state index in [1.54, 1.807) is 7.11 Å². The van der Waals surface area contributed by atoms with Crippen LogP contribution < -0.4 is 5.32 Å². The number of hydrogen-bond donors (Lipinski definition) is 1. The van der Waals surface area contributed by atoms with E-state index >= 15 is 0 Å². The standard InChI is InChI=1S/C18H20BrNO/c1-21-12-13-5-4-6-15(9-13)20-16-10-14(11-16)17-7-2-3-8-18(17)19/h2-9,14,16,20H,10-12H2,1H3. The first-order valence-electron chi connectivity index (χ1n) is 7.35. The Morgan fingerprint density at radius 3 is 2.71 bits per heavy atom. The molecular formula is C18H20BrNO. The van der Waals surface area contributed by atoms with Crippen LogP contribution in [0.1, 0.15) is 29.9 Å². The van der Waals surface area contributed by atoms with Crippen molar-refractivity contribution in [1.29, 1.82) is 0 Å². The Morgan fingerprint density at radius 1 is 1.14 bits per heavy atom. The summed E-state index contributed by atoms with van der Waals surface area (Å²) in [5.74, 6) is 0.667.